The van der Waals surface area contributed by atoms with Crippen LogP contribution >= 0.6 is 15.9 Å². The summed E-state index contributed by atoms with van der Waals surface area (Å²) in [5.74, 6) is 2.48. The molecule has 4 saturated carbocycles. The van der Waals surface area contributed by atoms with Gasteiger partial charge in [0.2, 0.25) is 5.91 Å². The fourth-order valence-corrected chi connectivity index (χ4v) is 12.0. The zero-order valence-electron chi connectivity index (χ0n) is 28.1. The molecule has 1 aliphatic heterocycles. The van der Waals surface area contributed by atoms with Gasteiger partial charge in [-0.05, 0) is 134 Å². The van der Waals surface area contributed by atoms with Crippen LogP contribution in [0.2, 0.25) is 0 Å². The molecule has 7 rings (SSSR count). The first-order chi connectivity index (χ1) is 22.4. The number of benzene rings is 2. The Morgan fingerprint density at radius 2 is 1.77 bits per heavy atom. The molecule has 254 valence electrons. The van der Waals surface area contributed by atoms with Crippen molar-refractivity contribution in [3.8, 4) is 0 Å². The number of carbonyl (C=O) groups is 3. The van der Waals surface area contributed by atoms with Crippen LogP contribution in [-0.4, -0.2) is 58.1 Å². The van der Waals surface area contributed by atoms with Crippen LogP contribution in [0.1, 0.15) is 112 Å². The normalized spacial score (nSPS) is 36.9. The lowest BCUT2D eigenvalue weighted by Gasteiger charge is -2.62. The fraction of sp³-hybridized carbons (Fsp3) is 0.667. The van der Waals surface area contributed by atoms with E-state index >= 15 is 0 Å². The van der Waals surface area contributed by atoms with Crippen LogP contribution in [0.25, 0.3) is 10.8 Å². The molecule has 0 spiro atoms. The van der Waals surface area contributed by atoms with Crippen molar-refractivity contribution in [1.29, 1.82) is 0 Å². The summed E-state index contributed by atoms with van der Waals surface area (Å²) in [5.41, 5.74) is 1.19. The maximum atomic E-state index is 13.2. The van der Waals surface area contributed by atoms with Gasteiger partial charge in [-0.25, -0.2) is 0 Å². The first-order valence-electron chi connectivity index (χ1n) is 18.1. The van der Waals surface area contributed by atoms with E-state index in [2.05, 4.69) is 42.0 Å². The second-order valence-corrected chi connectivity index (χ2v) is 17.0. The van der Waals surface area contributed by atoms with E-state index in [4.69, 9.17) is 0 Å². The van der Waals surface area contributed by atoms with Crippen molar-refractivity contribution in [2.24, 2.45) is 46.3 Å². The highest BCUT2D eigenvalue weighted by molar-refractivity contribution is 9.10. The highest BCUT2D eigenvalue weighted by atomic mass is 79.9. The Morgan fingerprint density at radius 3 is 2.55 bits per heavy atom. The predicted octanol–water partition coefficient (Wildman–Crippen LogP) is 7.11. The number of hydrogen-bond donors (Lipinski definition) is 3. The third kappa shape index (κ3) is 5.40. The van der Waals surface area contributed by atoms with E-state index in [1.165, 1.54) is 24.2 Å². The number of aliphatic hydroxyl groups is 2. The second kappa shape index (κ2) is 12.5. The molecule has 4 fully saturated rings. The number of carbonyl (C=O) groups excluding carboxylic acids is 3. The molecule has 0 saturated heterocycles. The van der Waals surface area contributed by atoms with E-state index in [-0.39, 0.29) is 47.3 Å². The number of imide groups is 1. The molecular weight excluding hydrogens is 656 g/mol. The quantitative estimate of drug-likeness (QED) is 0.200. The lowest BCUT2D eigenvalue weighted by atomic mass is 9.43. The molecule has 47 heavy (non-hydrogen) atoms. The molecule has 4 aliphatic carbocycles. The van der Waals surface area contributed by atoms with Crippen LogP contribution in [0.3, 0.4) is 0 Å². The van der Waals surface area contributed by atoms with Crippen molar-refractivity contribution in [1.82, 2.24) is 10.2 Å². The molecule has 0 bridgehead atoms. The SMILES string of the molecule is CC(CCC(=O)NCCCN1C(=O)c2cccc3c(Br)ccc(c23)C1=O)C1CCC2C3CCC4CC(O)CCC4(C)C3CC(O)C12C. The molecular formula is C39H51BrN2O5. The van der Waals surface area contributed by atoms with Crippen molar-refractivity contribution in [2.45, 2.75) is 104 Å². The van der Waals surface area contributed by atoms with Crippen molar-refractivity contribution in [3.63, 3.8) is 0 Å². The summed E-state index contributed by atoms with van der Waals surface area (Å²) in [6.45, 7) is 7.75. The summed E-state index contributed by atoms with van der Waals surface area (Å²) in [7, 11) is 0. The third-order valence-corrected chi connectivity index (χ3v) is 14.8. The number of hydrogen-bond acceptors (Lipinski definition) is 5. The zero-order chi connectivity index (χ0) is 33.2. The minimum atomic E-state index is -0.319. The van der Waals surface area contributed by atoms with Gasteiger partial charge < -0.3 is 15.5 Å². The van der Waals surface area contributed by atoms with Crippen molar-refractivity contribution >= 4 is 44.4 Å². The van der Waals surface area contributed by atoms with Crippen LogP contribution in [0.5, 0.6) is 0 Å². The Bertz CT molecular complexity index is 1560. The van der Waals surface area contributed by atoms with Crippen molar-refractivity contribution in [3.05, 3.63) is 45.9 Å². The number of rotatable bonds is 8. The molecule has 0 radical (unpaired) electrons. The molecule has 10 unspecified atom stereocenters. The molecule has 8 heteroatoms. The number of fused-ring (bicyclic) bond motifs is 5. The van der Waals surface area contributed by atoms with Gasteiger partial charge in [-0.1, -0.05) is 48.8 Å². The molecule has 3 amide bonds. The van der Waals surface area contributed by atoms with E-state index in [0.29, 0.717) is 71.4 Å². The summed E-state index contributed by atoms with van der Waals surface area (Å²) in [6.07, 6.45) is 9.76. The molecule has 2 aromatic rings. The number of amides is 3. The van der Waals surface area contributed by atoms with E-state index in [9.17, 15) is 24.6 Å². The van der Waals surface area contributed by atoms with E-state index in [1.807, 2.05) is 18.2 Å². The number of halogens is 1. The van der Waals surface area contributed by atoms with Crippen LogP contribution < -0.4 is 5.32 Å². The standard InChI is InChI=1S/C39H51BrN2O5/c1-22(29-12-13-30-25-10-9-23-20-24(43)16-17-38(23,2)31(25)21-33(44)39(29,30)3)8-15-34(45)41-18-5-19-42-36(46)27-7-4-6-26-32(40)14-11-28(35(26)27)37(42)47/h4,6-7,11,14,22-25,29-31,33,43-44H,5,8-10,12-13,15-21H2,1-3H3,(H,41,45). The molecule has 2 aromatic carbocycles. The van der Waals surface area contributed by atoms with Crippen LogP contribution in [0.4, 0.5) is 0 Å². The first kappa shape index (κ1) is 33.2. The summed E-state index contributed by atoms with van der Waals surface area (Å²) >= 11 is 3.53. The predicted molar refractivity (Wildman–Crippen MR) is 186 cm³/mol. The lowest BCUT2D eigenvalue weighted by Crippen LogP contribution is -2.58. The Balaban J connectivity index is 0.910. The molecule has 3 N–H and O–H groups in total. The Kier molecular flexibility index (Phi) is 8.87. The van der Waals surface area contributed by atoms with Crippen LogP contribution in [0, 0.1) is 46.3 Å². The third-order valence-electron chi connectivity index (χ3n) is 14.1. The Morgan fingerprint density at radius 1 is 1.00 bits per heavy atom. The highest BCUT2D eigenvalue weighted by Gasteiger charge is 2.63. The number of aliphatic hydroxyl groups excluding tert-OH is 2. The van der Waals surface area contributed by atoms with Gasteiger partial charge in [0, 0.05) is 40.5 Å². The average Bonchev–Trinajstić information content (AvgIpc) is 3.42. The average molecular weight is 708 g/mol. The lowest BCUT2D eigenvalue weighted by molar-refractivity contribution is -0.174. The maximum Gasteiger partial charge on any atom is 0.261 e. The summed E-state index contributed by atoms with van der Waals surface area (Å²) in [4.78, 5) is 40.7. The summed E-state index contributed by atoms with van der Waals surface area (Å²) in [6, 6.07) is 9.14. The van der Waals surface area contributed by atoms with Gasteiger partial charge in [0.05, 0.1) is 12.2 Å². The topological polar surface area (TPSA) is 107 Å². The van der Waals surface area contributed by atoms with Gasteiger partial charge in [-0.3, -0.25) is 19.3 Å². The summed E-state index contributed by atoms with van der Waals surface area (Å²) in [5, 5.41) is 26.8. The second-order valence-electron chi connectivity index (χ2n) is 16.2. The maximum absolute atomic E-state index is 13.2. The van der Waals surface area contributed by atoms with Crippen molar-refractivity contribution < 1.29 is 24.6 Å². The molecule has 1 heterocycles. The molecule has 0 aromatic heterocycles. The van der Waals surface area contributed by atoms with Gasteiger partial charge in [-0.15, -0.1) is 0 Å². The largest absolute Gasteiger partial charge is 0.393 e. The van der Waals surface area contributed by atoms with Gasteiger partial charge in [0.1, 0.15) is 0 Å². The summed E-state index contributed by atoms with van der Waals surface area (Å²) < 4.78 is 0.854. The van der Waals surface area contributed by atoms with Crippen LogP contribution in [0.15, 0.2) is 34.8 Å². The Hall–Kier alpha value is -2.29. The minimum absolute atomic E-state index is 0.00259. The monoisotopic (exact) mass is 706 g/mol. The van der Waals surface area contributed by atoms with E-state index in [1.54, 1.807) is 12.1 Å². The van der Waals surface area contributed by atoms with E-state index < -0.39 is 0 Å². The molecule has 5 aliphatic rings. The highest BCUT2D eigenvalue weighted by Crippen LogP contribution is 2.68. The first-order valence-corrected chi connectivity index (χ1v) is 18.9. The van der Waals surface area contributed by atoms with Gasteiger partial charge >= 0.3 is 0 Å². The van der Waals surface area contributed by atoms with Crippen molar-refractivity contribution in [2.75, 3.05) is 13.1 Å². The van der Waals surface area contributed by atoms with Gasteiger partial charge in [0.15, 0.2) is 0 Å². The van der Waals surface area contributed by atoms with Crippen LogP contribution in [-0.2, 0) is 4.79 Å². The van der Waals surface area contributed by atoms with E-state index in [0.717, 1.165) is 48.4 Å². The van der Waals surface area contributed by atoms with Gasteiger partial charge in [0.25, 0.3) is 11.8 Å². The smallest absolute Gasteiger partial charge is 0.261 e. The molecule has 10 atom stereocenters. The number of nitrogens with zero attached hydrogens (tertiary/aromatic N) is 1. The minimum Gasteiger partial charge on any atom is -0.393 e. The zero-order valence-corrected chi connectivity index (χ0v) is 29.7. The Labute approximate surface area is 287 Å². The molecule has 7 nitrogen and oxygen atoms in total. The van der Waals surface area contributed by atoms with Gasteiger partial charge in [-0.2, -0.15) is 0 Å². The number of nitrogens with one attached hydrogen (secondary N) is 1. The fourth-order valence-electron chi connectivity index (χ4n) is 11.6.